The summed E-state index contributed by atoms with van der Waals surface area (Å²) < 4.78 is 5.53. The van der Waals surface area contributed by atoms with Gasteiger partial charge in [-0.25, -0.2) is 0 Å². The van der Waals surface area contributed by atoms with Crippen molar-refractivity contribution < 1.29 is 4.74 Å². The molecule has 2 N–H and O–H groups in total. The normalized spacial score (nSPS) is 24.2. The van der Waals surface area contributed by atoms with E-state index in [1.165, 1.54) is 37.5 Å². The number of likely N-dealkylation sites (tertiary alicyclic amines) is 1. The zero-order chi connectivity index (χ0) is 15.4. The van der Waals surface area contributed by atoms with Crippen molar-refractivity contribution in [3.8, 4) is 5.75 Å². The molecule has 2 bridgehead atoms. The van der Waals surface area contributed by atoms with Crippen molar-refractivity contribution in [1.82, 2.24) is 4.90 Å². The Balaban J connectivity index is 1.51. The average Bonchev–Trinajstić information content (AvgIpc) is 3.13. The molecule has 1 aromatic carbocycles. The smallest absolute Gasteiger partial charge is 0.119 e. The van der Waals surface area contributed by atoms with Crippen LogP contribution in [0, 0.1) is 0 Å². The van der Waals surface area contributed by atoms with Crippen LogP contribution in [0.15, 0.2) is 24.3 Å². The van der Waals surface area contributed by atoms with Crippen LogP contribution in [0.2, 0.25) is 0 Å². The van der Waals surface area contributed by atoms with E-state index in [0.717, 1.165) is 30.7 Å². The fraction of sp³-hybridized carbons (Fsp3) is 0.647. The molecular formula is C17H27N3OS. The van der Waals surface area contributed by atoms with E-state index in [-0.39, 0.29) is 0 Å². The molecule has 2 heterocycles. The van der Waals surface area contributed by atoms with Gasteiger partial charge in [-0.1, -0.05) is 0 Å². The molecule has 2 fully saturated rings. The van der Waals surface area contributed by atoms with Gasteiger partial charge in [-0.2, -0.15) is 11.8 Å². The van der Waals surface area contributed by atoms with Gasteiger partial charge in [0.15, 0.2) is 0 Å². The minimum atomic E-state index is 0.683. The molecule has 0 saturated carbocycles. The van der Waals surface area contributed by atoms with E-state index in [0.29, 0.717) is 6.04 Å². The number of hydrogen-bond donors (Lipinski definition) is 1. The van der Waals surface area contributed by atoms with E-state index in [9.17, 15) is 0 Å². The molecule has 3 rings (SSSR count). The maximum Gasteiger partial charge on any atom is 0.119 e. The molecule has 2 aliphatic heterocycles. The highest BCUT2D eigenvalue weighted by molar-refractivity contribution is 7.99. The summed E-state index contributed by atoms with van der Waals surface area (Å²) in [7, 11) is 0. The van der Waals surface area contributed by atoms with Gasteiger partial charge >= 0.3 is 0 Å². The minimum absolute atomic E-state index is 0.683. The molecule has 5 heteroatoms. The van der Waals surface area contributed by atoms with Crippen LogP contribution in [0.1, 0.15) is 13.3 Å². The first-order valence-electron chi connectivity index (χ1n) is 8.33. The van der Waals surface area contributed by atoms with Crippen molar-refractivity contribution in [2.45, 2.75) is 25.4 Å². The second-order valence-electron chi connectivity index (χ2n) is 6.02. The van der Waals surface area contributed by atoms with Gasteiger partial charge in [-0.05, 0) is 37.6 Å². The van der Waals surface area contributed by atoms with Crippen molar-refractivity contribution in [1.29, 1.82) is 0 Å². The van der Waals surface area contributed by atoms with Gasteiger partial charge in [-0.3, -0.25) is 4.90 Å². The number of nitrogens with zero attached hydrogens (tertiary/aromatic N) is 2. The summed E-state index contributed by atoms with van der Waals surface area (Å²) in [5.74, 6) is 3.26. The van der Waals surface area contributed by atoms with E-state index < -0.39 is 0 Å². The summed E-state index contributed by atoms with van der Waals surface area (Å²) in [5.41, 5.74) is 6.89. The van der Waals surface area contributed by atoms with Crippen LogP contribution < -0.4 is 15.4 Å². The van der Waals surface area contributed by atoms with Crippen LogP contribution in [0.4, 0.5) is 5.69 Å². The van der Waals surface area contributed by atoms with Gasteiger partial charge in [-0.15, -0.1) is 0 Å². The first-order valence-corrected chi connectivity index (χ1v) is 9.48. The molecule has 0 amide bonds. The molecule has 2 aliphatic rings. The van der Waals surface area contributed by atoms with Crippen LogP contribution in [-0.2, 0) is 0 Å². The number of thioether (sulfide) groups is 1. The van der Waals surface area contributed by atoms with Crippen molar-refractivity contribution in [2.24, 2.45) is 5.73 Å². The quantitative estimate of drug-likeness (QED) is 0.742. The predicted molar refractivity (Wildman–Crippen MR) is 95.1 cm³/mol. The molecular weight excluding hydrogens is 294 g/mol. The Morgan fingerprint density at radius 2 is 2.00 bits per heavy atom. The van der Waals surface area contributed by atoms with Gasteiger partial charge in [0, 0.05) is 55.5 Å². The zero-order valence-corrected chi connectivity index (χ0v) is 14.2. The molecule has 0 spiro atoms. The molecule has 2 saturated heterocycles. The second-order valence-corrected chi connectivity index (χ2v) is 7.24. The molecule has 22 heavy (non-hydrogen) atoms. The SMILES string of the molecule is CCOc1ccc(N2C[C@@H]3CC2CN3CCSCCN)cc1. The van der Waals surface area contributed by atoms with Crippen molar-refractivity contribution in [2.75, 3.05) is 49.2 Å². The third kappa shape index (κ3) is 3.53. The molecule has 0 radical (unpaired) electrons. The van der Waals surface area contributed by atoms with Crippen molar-refractivity contribution >= 4 is 17.4 Å². The van der Waals surface area contributed by atoms with Gasteiger partial charge in [0.25, 0.3) is 0 Å². The topological polar surface area (TPSA) is 41.7 Å². The van der Waals surface area contributed by atoms with Gasteiger partial charge in [0.1, 0.15) is 5.75 Å². The molecule has 2 atom stereocenters. The van der Waals surface area contributed by atoms with Gasteiger partial charge in [0.2, 0.25) is 0 Å². The number of anilines is 1. The Bertz CT molecular complexity index is 467. The molecule has 122 valence electrons. The summed E-state index contributed by atoms with van der Waals surface area (Å²) in [5, 5.41) is 0. The third-order valence-corrected chi connectivity index (χ3v) is 5.61. The minimum Gasteiger partial charge on any atom is -0.494 e. The Morgan fingerprint density at radius 1 is 1.18 bits per heavy atom. The Labute approximate surface area is 138 Å². The summed E-state index contributed by atoms with van der Waals surface area (Å²) in [6.07, 6.45) is 1.31. The van der Waals surface area contributed by atoms with Crippen LogP contribution in [0.5, 0.6) is 5.75 Å². The summed E-state index contributed by atoms with van der Waals surface area (Å²) in [6.45, 7) is 7.13. The van der Waals surface area contributed by atoms with E-state index in [1.807, 2.05) is 18.7 Å². The van der Waals surface area contributed by atoms with Crippen LogP contribution >= 0.6 is 11.8 Å². The number of piperazine rings is 1. The second kappa shape index (κ2) is 7.57. The lowest BCUT2D eigenvalue weighted by Crippen LogP contribution is -2.47. The van der Waals surface area contributed by atoms with Crippen LogP contribution in [-0.4, -0.2) is 61.3 Å². The predicted octanol–water partition coefficient (Wildman–Crippen LogP) is 2.04. The number of fused-ring (bicyclic) bond motifs is 2. The number of rotatable bonds is 8. The lowest BCUT2D eigenvalue weighted by molar-refractivity contribution is 0.253. The molecule has 0 aromatic heterocycles. The zero-order valence-electron chi connectivity index (χ0n) is 13.4. The summed E-state index contributed by atoms with van der Waals surface area (Å²) in [4.78, 5) is 5.24. The summed E-state index contributed by atoms with van der Waals surface area (Å²) >= 11 is 1.98. The molecule has 4 nitrogen and oxygen atoms in total. The van der Waals surface area contributed by atoms with Crippen molar-refractivity contribution in [3.05, 3.63) is 24.3 Å². The molecule has 1 aromatic rings. The maximum atomic E-state index is 5.55. The first kappa shape index (κ1) is 16.0. The fourth-order valence-corrected chi connectivity index (χ4v) is 4.34. The lowest BCUT2D eigenvalue weighted by atomic mass is 10.2. The fourth-order valence-electron chi connectivity index (χ4n) is 3.61. The number of benzene rings is 1. The Morgan fingerprint density at radius 3 is 2.64 bits per heavy atom. The van der Waals surface area contributed by atoms with E-state index in [2.05, 4.69) is 34.1 Å². The lowest BCUT2D eigenvalue weighted by Gasteiger charge is -2.35. The molecule has 0 aliphatic carbocycles. The number of nitrogens with two attached hydrogens (primary N) is 1. The first-order chi connectivity index (χ1) is 10.8. The Kier molecular flexibility index (Phi) is 5.50. The van der Waals surface area contributed by atoms with Crippen LogP contribution in [0.3, 0.4) is 0 Å². The number of hydrogen-bond acceptors (Lipinski definition) is 5. The summed E-state index contributed by atoms with van der Waals surface area (Å²) in [6, 6.07) is 10.00. The number of ether oxygens (including phenoxy) is 1. The van der Waals surface area contributed by atoms with Gasteiger partial charge in [0.05, 0.1) is 6.61 Å². The third-order valence-electron chi connectivity index (χ3n) is 4.62. The monoisotopic (exact) mass is 321 g/mol. The van der Waals surface area contributed by atoms with E-state index in [4.69, 9.17) is 10.5 Å². The van der Waals surface area contributed by atoms with E-state index >= 15 is 0 Å². The maximum absolute atomic E-state index is 5.55. The standard InChI is InChI=1S/C17H27N3OS/c1-2-21-17-5-3-14(4-6-17)20-13-15-11-16(20)12-19(15)8-10-22-9-7-18/h3-6,15-16H,2,7-13,18H2,1H3/t15-,16?/m0/s1. The van der Waals surface area contributed by atoms with E-state index in [1.54, 1.807) is 0 Å². The largest absolute Gasteiger partial charge is 0.494 e. The highest BCUT2D eigenvalue weighted by Crippen LogP contribution is 2.35. The molecule has 1 unspecified atom stereocenters. The highest BCUT2D eigenvalue weighted by atomic mass is 32.2. The highest BCUT2D eigenvalue weighted by Gasteiger charge is 2.42. The van der Waals surface area contributed by atoms with Crippen molar-refractivity contribution in [3.63, 3.8) is 0 Å². The average molecular weight is 321 g/mol. The Hall–Kier alpha value is -0.910. The van der Waals surface area contributed by atoms with Gasteiger partial charge < -0.3 is 15.4 Å². The van der Waals surface area contributed by atoms with Crippen LogP contribution in [0.25, 0.3) is 0 Å².